The summed E-state index contributed by atoms with van der Waals surface area (Å²) in [6, 6.07) is 5.22. The van der Waals surface area contributed by atoms with Gasteiger partial charge < -0.3 is 10.2 Å². The Hall–Kier alpha value is -2.45. The van der Waals surface area contributed by atoms with Crippen LogP contribution in [0.3, 0.4) is 0 Å². The van der Waals surface area contributed by atoms with Crippen LogP contribution in [0.1, 0.15) is 35.7 Å². The molecule has 146 valence electrons. The molecule has 1 fully saturated rings. The molecule has 0 aliphatic carbocycles. The molecular formula is C19H20ClN5O2S. The molecule has 3 heterocycles. The number of halogens is 1. The quantitative estimate of drug-likeness (QED) is 0.704. The van der Waals surface area contributed by atoms with Crippen molar-refractivity contribution in [2.75, 3.05) is 23.3 Å². The maximum atomic E-state index is 12.8. The van der Waals surface area contributed by atoms with Crippen molar-refractivity contribution in [3.05, 3.63) is 50.9 Å². The summed E-state index contributed by atoms with van der Waals surface area (Å²) in [4.78, 5) is 32.4. The predicted octanol–water partition coefficient (Wildman–Crippen LogP) is 3.60. The molecule has 0 spiro atoms. The predicted molar refractivity (Wildman–Crippen MR) is 112 cm³/mol. The number of benzene rings is 1. The smallest absolute Gasteiger partial charge is 0.288 e. The van der Waals surface area contributed by atoms with Crippen LogP contribution in [0.15, 0.2) is 29.2 Å². The summed E-state index contributed by atoms with van der Waals surface area (Å²) in [7, 11) is 0. The molecule has 0 unspecified atom stereocenters. The van der Waals surface area contributed by atoms with Gasteiger partial charge in [0.15, 0.2) is 0 Å². The molecule has 0 radical (unpaired) electrons. The van der Waals surface area contributed by atoms with E-state index in [1.54, 1.807) is 25.1 Å². The highest BCUT2D eigenvalue weighted by molar-refractivity contribution is 7.20. The summed E-state index contributed by atoms with van der Waals surface area (Å²) >= 11 is 7.46. The standard InChI is InChI=1S/C19H20ClN5O2S/c1-11-5-4-8-24(10-11)19-23-25-17(27)13(9-21-18(25)28-19)16(26)22-15-7-3-6-14(20)12(15)2/h3,6-7,9,11H,4-5,8,10H2,1-2H3,(H,22,26)/t11-/m1/s1. The number of carbonyl (C=O) groups is 1. The Kier molecular flexibility index (Phi) is 5.07. The Labute approximate surface area is 171 Å². The number of nitrogens with zero attached hydrogens (tertiary/aromatic N) is 4. The first-order chi connectivity index (χ1) is 13.4. The van der Waals surface area contributed by atoms with Crippen molar-refractivity contribution in [1.82, 2.24) is 14.6 Å². The van der Waals surface area contributed by atoms with E-state index in [1.807, 2.05) is 0 Å². The van der Waals surface area contributed by atoms with Crippen LogP contribution in [0.5, 0.6) is 0 Å². The van der Waals surface area contributed by atoms with Crippen LogP contribution in [0.25, 0.3) is 4.96 Å². The van der Waals surface area contributed by atoms with Crippen molar-refractivity contribution in [3.8, 4) is 0 Å². The lowest BCUT2D eigenvalue weighted by molar-refractivity contribution is 0.102. The molecule has 0 bridgehead atoms. The lowest BCUT2D eigenvalue weighted by Gasteiger charge is -2.30. The number of piperidine rings is 1. The molecule has 2 aromatic heterocycles. The minimum absolute atomic E-state index is 0.0549. The van der Waals surface area contributed by atoms with Gasteiger partial charge in [-0.15, -0.1) is 5.10 Å². The van der Waals surface area contributed by atoms with E-state index in [4.69, 9.17) is 11.6 Å². The molecule has 1 aromatic carbocycles. The Morgan fingerprint density at radius 1 is 1.39 bits per heavy atom. The third-order valence-corrected chi connectivity index (χ3v) is 6.36. The van der Waals surface area contributed by atoms with Crippen molar-refractivity contribution in [2.24, 2.45) is 5.92 Å². The van der Waals surface area contributed by atoms with Crippen molar-refractivity contribution >= 4 is 44.6 Å². The SMILES string of the molecule is Cc1c(Cl)cccc1NC(=O)c1cnc2sc(N3CCC[C@@H](C)C3)nn2c1=O. The van der Waals surface area contributed by atoms with E-state index in [-0.39, 0.29) is 5.56 Å². The van der Waals surface area contributed by atoms with Crippen molar-refractivity contribution in [2.45, 2.75) is 26.7 Å². The van der Waals surface area contributed by atoms with Gasteiger partial charge >= 0.3 is 0 Å². The fourth-order valence-corrected chi connectivity index (χ4v) is 4.43. The Morgan fingerprint density at radius 3 is 3.00 bits per heavy atom. The number of anilines is 2. The third-order valence-electron chi connectivity index (χ3n) is 4.96. The van der Waals surface area contributed by atoms with E-state index >= 15 is 0 Å². The topological polar surface area (TPSA) is 79.6 Å². The fraction of sp³-hybridized carbons (Fsp3) is 0.368. The molecule has 28 heavy (non-hydrogen) atoms. The normalized spacial score (nSPS) is 17.1. The summed E-state index contributed by atoms with van der Waals surface area (Å²) in [6.07, 6.45) is 3.62. The van der Waals surface area contributed by atoms with E-state index in [0.717, 1.165) is 30.2 Å². The van der Waals surface area contributed by atoms with Crippen molar-refractivity contribution in [1.29, 1.82) is 0 Å². The van der Waals surface area contributed by atoms with Crippen LogP contribution in [0, 0.1) is 12.8 Å². The molecule has 1 aliphatic heterocycles. The zero-order chi connectivity index (χ0) is 19.8. The zero-order valence-electron chi connectivity index (χ0n) is 15.6. The van der Waals surface area contributed by atoms with E-state index in [0.29, 0.717) is 21.6 Å². The van der Waals surface area contributed by atoms with Gasteiger partial charge in [-0.05, 0) is 43.4 Å². The van der Waals surface area contributed by atoms with Gasteiger partial charge in [0, 0.05) is 30.0 Å². The molecule has 4 rings (SSSR count). The van der Waals surface area contributed by atoms with Gasteiger partial charge in [-0.25, -0.2) is 4.98 Å². The summed E-state index contributed by atoms with van der Waals surface area (Å²) in [5.74, 6) is 0.0612. The second-order valence-corrected chi connectivity index (χ2v) is 8.46. The molecule has 1 saturated heterocycles. The fourth-order valence-electron chi connectivity index (χ4n) is 3.36. The van der Waals surface area contributed by atoms with Gasteiger partial charge in [-0.1, -0.05) is 35.9 Å². The van der Waals surface area contributed by atoms with Crippen LogP contribution in [-0.2, 0) is 0 Å². The first-order valence-corrected chi connectivity index (χ1v) is 10.3. The molecule has 1 aliphatic rings. The number of nitrogens with one attached hydrogen (secondary N) is 1. The summed E-state index contributed by atoms with van der Waals surface area (Å²) in [5.41, 5.74) is 0.764. The highest BCUT2D eigenvalue weighted by atomic mass is 35.5. The second-order valence-electron chi connectivity index (χ2n) is 7.12. The summed E-state index contributed by atoms with van der Waals surface area (Å²) < 4.78 is 1.22. The van der Waals surface area contributed by atoms with Gasteiger partial charge in [0.1, 0.15) is 5.56 Å². The molecule has 1 atom stereocenters. The second kappa shape index (κ2) is 7.52. The minimum Gasteiger partial charge on any atom is -0.346 e. The number of aromatic nitrogens is 3. The monoisotopic (exact) mass is 417 g/mol. The molecular weight excluding hydrogens is 398 g/mol. The van der Waals surface area contributed by atoms with E-state index in [2.05, 4.69) is 27.2 Å². The molecule has 3 aromatic rings. The summed E-state index contributed by atoms with van der Waals surface area (Å²) in [5, 5.41) is 8.48. The maximum absolute atomic E-state index is 12.8. The minimum atomic E-state index is -0.529. The van der Waals surface area contributed by atoms with E-state index in [1.165, 1.54) is 28.5 Å². The van der Waals surface area contributed by atoms with Crippen molar-refractivity contribution < 1.29 is 4.79 Å². The van der Waals surface area contributed by atoms with Crippen LogP contribution in [-0.4, -0.2) is 33.6 Å². The van der Waals surface area contributed by atoms with Gasteiger partial charge in [-0.3, -0.25) is 9.59 Å². The Bertz CT molecular complexity index is 1110. The first-order valence-electron chi connectivity index (χ1n) is 9.14. The van der Waals surface area contributed by atoms with Crippen LogP contribution >= 0.6 is 22.9 Å². The highest BCUT2D eigenvalue weighted by Crippen LogP contribution is 2.27. The van der Waals surface area contributed by atoms with Gasteiger partial charge in [0.05, 0.1) is 0 Å². The zero-order valence-corrected chi connectivity index (χ0v) is 17.2. The highest BCUT2D eigenvalue weighted by Gasteiger charge is 2.22. The number of hydrogen-bond acceptors (Lipinski definition) is 6. The van der Waals surface area contributed by atoms with Gasteiger partial charge in [0.2, 0.25) is 10.1 Å². The molecule has 7 nitrogen and oxygen atoms in total. The average molecular weight is 418 g/mol. The summed E-state index contributed by atoms with van der Waals surface area (Å²) in [6.45, 7) is 5.85. The van der Waals surface area contributed by atoms with Crippen molar-refractivity contribution in [3.63, 3.8) is 0 Å². The largest absolute Gasteiger partial charge is 0.346 e. The first kappa shape index (κ1) is 18.9. The van der Waals surface area contributed by atoms with Crippen LogP contribution in [0.2, 0.25) is 5.02 Å². The number of amides is 1. The lowest BCUT2D eigenvalue weighted by Crippen LogP contribution is -2.34. The molecule has 0 saturated carbocycles. The number of rotatable bonds is 3. The van der Waals surface area contributed by atoms with Crippen LogP contribution < -0.4 is 15.8 Å². The number of carbonyl (C=O) groups excluding carboxylic acids is 1. The Balaban J connectivity index is 1.65. The van der Waals surface area contributed by atoms with Gasteiger partial charge in [-0.2, -0.15) is 4.52 Å². The molecule has 1 amide bonds. The average Bonchev–Trinajstić information content (AvgIpc) is 3.11. The number of fused-ring (bicyclic) bond motifs is 1. The third kappa shape index (κ3) is 3.49. The molecule has 1 N–H and O–H groups in total. The van der Waals surface area contributed by atoms with E-state index in [9.17, 15) is 9.59 Å². The lowest BCUT2D eigenvalue weighted by atomic mass is 10.0. The van der Waals surface area contributed by atoms with Gasteiger partial charge in [0.25, 0.3) is 11.5 Å². The van der Waals surface area contributed by atoms with E-state index < -0.39 is 11.5 Å². The maximum Gasteiger partial charge on any atom is 0.288 e. The Morgan fingerprint density at radius 2 is 2.21 bits per heavy atom. The van der Waals surface area contributed by atoms with Crippen LogP contribution in [0.4, 0.5) is 10.8 Å². The molecule has 9 heteroatoms. The number of hydrogen-bond donors (Lipinski definition) is 1.